The van der Waals surface area contributed by atoms with Crippen LogP contribution in [0, 0.1) is 0 Å². The molecule has 1 aromatic carbocycles. The van der Waals surface area contributed by atoms with Crippen molar-refractivity contribution >= 4 is 22.3 Å². The number of benzene rings is 1. The summed E-state index contributed by atoms with van der Waals surface area (Å²) in [5, 5.41) is 0.519. The molecule has 1 aliphatic rings. The zero-order valence-corrected chi connectivity index (χ0v) is 15.5. The van der Waals surface area contributed by atoms with Crippen molar-refractivity contribution < 1.29 is 14.3 Å². The van der Waals surface area contributed by atoms with Crippen molar-refractivity contribution in [2.45, 2.75) is 26.3 Å². The lowest BCUT2D eigenvalue weighted by atomic mass is 10.0. The fourth-order valence-electron chi connectivity index (χ4n) is 3.24. The Morgan fingerprint density at radius 1 is 1.32 bits per heavy atom. The molecule has 2 N–H and O–H groups in total. The second-order valence-corrected chi connectivity index (χ2v) is 7.21. The maximum atomic E-state index is 12.5. The molecular formula is C19H24N2O3S. The lowest BCUT2D eigenvalue weighted by Crippen LogP contribution is -2.18. The van der Waals surface area contributed by atoms with Crippen LogP contribution in [0.3, 0.4) is 0 Å². The average molecular weight is 360 g/mol. The van der Waals surface area contributed by atoms with Gasteiger partial charge in [0.05, 0.1) is 13.7 Å². The van der Waals surface area contributed by atoms with Crippen LogP contribution in [0.1, 0.15) is 35.0 Å². The highest BCUT2D eigenvalue weighted by molar-refractivity contribution is 7.17. The first-order chi connectivity index (χ1) is 12.1. The Morgan fingerprint density at radius 3 is 2.76 bits per heavy atom. The van der Waals surface area contributed by atoms with Crippen molar-refractivity contribution in [3.8, 4) is 16.9 Å². The van der Waals surface area contributed by atoms with Crippen molar-refractivity contribution in [1.29, 1.82) is 0 Å². The molecule has 5 nitrogen and oxygen atoms in total. The molecule has 3 rings (SSSR count). The van der Waals surface area contributed by atoms with Gasteiger partial charge in [-0.05, 0) is 50.6 Å². The molecule has 0 aliphatic carbocycles. The lowest BCUT2D eigenvalue weighted by molar-refractivity contribution is 0.0529. The molecule has 0 saturated carbocycles. The third-order valence-corrected chi connectivity index (χ3v) is 5.42. The smallest absolute Gasteiger partial charge is 0.341 e. The first-order valence-corrected chi connectivity index (χ1v) is 9.40. The summed E-state index contributed by atoms with van der Waals surface area (Å²) in [5.41, 5.74) is 8.52. The minimum absolute atomic E-state index is 0.327. The molecule has 0 spiro atoms. The predicted octanol–water partition coefficient (Wildman–Crippen LogP) is 3.78. The van der Waals surface area contributed by atoms with Crippen LogP contribution in [0.4, 0.5) is 5.00 Å². The zero-order valence-electron chi connectivity index (χ0n) is 14.7. The number of hydrogen-bond donors (Lipinski definition) is 1. The zero-order chi connectivity index (χ0) is 17.8. The summed E-state index contributed by atoms with van der Waals surface area (Å²) >= 11 is 1.48. The molecule has 0 atom stereocenters. The average Bonchev–Trinajstić information content (AvgIpc) is 3.23. The Balaban J connectivity index is 2.08. The van der Waals surface area contributed by atoms with Crippen LogP contribution in [0.2, 0.25) is 0 Å². The summed E-state index contributed by atoms with van der Waals surface area (Å²) in [6.07, 6.45) is 2.44. The van der Waals surface area contributed by atoms with E-state index in [0.29, 0.717) is 17.2 Å². The fraction of sp³-hybridized carbons (Fsp3) is 0.421. The molecule has 0 radical (unpaired) electrons. The van der Waals surface area contributed by atoms with Gasteiger partial charge in [-0.1, -0.05) is 12.1 Å². The van der Waals surface area contributed by atoms with Gasteiger partial charge in [0.25, 0.3) is 0 Å². The minimum atomic E-state index is -0.359. The molecule has 6 heteroatoms. The van der Waals surface area contributed by atoms with Gasteiger partial charge in [-0.3, -0.25) is 4.90 Å². The van der Waals surface area contributed by atoms with Crippen LogP contribution >= 0.6 is 11.3 Å². The van der Waals surface area contributed by atoms with Crippen molar-refractivity contribution in [2.75, 3.05) is 32.5 Å². The molecule has 1 fully saturated rings. The molecule has 0 bridgehead atoms. The van der Waals surface area contributed by atoms with E-state index in [0.717, 1.165) is 41.4 Å². The van der Waals surface area contributed by atoms with Gasteiger partial charge in [0.1, 0.15) is 16.3 Å². The van der Waals surface area contributed by atoms with Crippen molar-refractivity contribution in [1.82, 2.24) is 4.90 Å². The van der Waals surface area contributed by atoms with Gasteiger partial charge >= 0.3 is 5.97 Å². The summed E-state index contributed by atoms with van der Waals surface area (Å²) in [6.45, 7) is 5.11. The fourth-order valence-corrected chi connectivity index (χ4v) is 4.36. The van der Waals surface area contributed by atoms with Crippen LogP contribution in [0.25, 0.3) is 11.1 Å². The molecule has 2 aromatic rings. The van der Waals surface area contributed by atoms with E-state index in [9.17, 15) is 4.79 Å². The second kappa shape index (κ2) is 7.89. The number of nitrogen functional groups attached to an aromatic ring is 1. The molecule has 1 aromatic heterocycles. The number of hydrogen-bond acceptors (Lipinski definition) is 6. The molecule has 25 heavy (non-hydrogen) atoms. The highest BCUT2D eigenvalue weighted by Gasteiger charge is 2.26. The maximum Gasteiger partial charge on any atom is 0.341 e. The van der Waals surface area contributed by atoms with Crippen LogP contribution in [0.5, 0.6) is 5.75 Å². The number of nitrogens with zero attached hydrogens (tertiary/aromatic N) is 1. The molecule has 1 saturated heterocycles. The standard InChI is InChI=1S/C19H24N2O3S/c1-3-24-19(22)17-16(13-7-6-8-14(11-13)23-2)15(25-18(17)20)12-21-9-4-5-10-21/h6-8,11H,3-5,9-10,12,20H2,1-2H3. The van der Waals surface area contributed by atoms with Gasteiger partial charge in [0, 0.05) is 17.0 Å². The van der Waals surface area contributed by atoms with E-state index in [1.54, 1.807) is 14.0 Å². The SMILES string of the molecule is CCOC(=O)c1c(N)sc(CN2CCCC2)c1-c1cccc(OC)c1. The topological polar surface area (TPSA) is 64.8 Å². The van der Waals surface area contributed by atoms with Gasteiger partial charge in [0.2, 0.25) is 0 Å². The number of carbonyl (C=O) groups excluding carboxylic acids is 1. The molecule has 1 aliphatic heterocycles. The first kappa shape index (κ1) is 17.8. The third kappa shape index (κ3) is 3.80. The van der Waals surface area contributed by atoms with E-state index in [2.05, 4.69) is 4.90 Å². The second-order valence-electron chi connectivity index (χ2n) is 6.08. The van der Waals surface area contributed by atoms with E-state index in [-0.39, 0.29) is 5.97 Å². The monoisotopic (exact) mass is 360 g/mol. The number of rotatable bonds is 6. The van der Waals surface area contributed by atoms with E-state index in [4.69, 9.17) is 15.2 Å². The molecule has 2 heterocycles. The minimum Gasteiger partial charge on any atom is -0.497 e. The number of anilines is 1. The highest BCUT2D eigenvalue weighted by Crippen LogP contribution is 2.41. The van der Waals surface area contributed by atoms with Gasteiger partial charge in [-0.15, -0.1) is 11.3 Å². The number of likely N-dealkylation sites (tertiary alicyclic amines) is 1. The quantitative estimate of drug-likeness (QED) is 0.794. The van der Waals surface area contributed by atoms with Gasteiger partial charge in [-0.2, -0.15) is 0 Å². The third-order valence-electron chi connectivity index (χ3n) is 4.41. The number of ether oxygens (including phenoxy) is 2. The summed E-state index contributed by atoms with van der Waals surface area (Å²) in [7, 11) is 1.64. The van der Waals surface area contributed by atoms with Crippen molar-refractivity contribution in [2.24, 2.45) is 0 Å². The predicted molar refractivity (Wildman–Crippen MR) is 101 cm³/mol. The Hall–Kier alpha value is -2.05. The largest absolute Gasteiger partial charge is 0.497 e. The summed E-state index contributed by atoms with van der Waals surface area (Å²) in [4.78, 5) is 16.0. The van der Waals surface area contributed by atoms with Gasteiger partial charge < -0.3 is 15.2 Å². The number of nitrogens with two attached hydrogens (primary N) is 1. The van der Waals surface area contributed by atoms with Gasteiger partial charge in [0.15, 0.2) is 0 Å². The highest BCUT2D eigenvalue weighted by atomic mass is 32.1. The Morgan fingerprint density at radius 2 is 2.08 bits per heavy atom. The number of esters is 1. The van der Waals surface area contributed by atoms with Gasteiger partial charge in [-0.25, -0.2) is 4.79 Å². The Labute approximate surface area is 152 Å². The summed E-state index contributed by atoms with van der Waals surface area (Å²) in [6, 6.07) is 7.75. The first-order valence-electron chi connectivity index (χ1n) is 8.59. The molecule has 0 amide bonds. The van der Waals surface area contributed by atoms with Crippen molar-refractivity contribution in [3.05, 3.63) is 34.7 Å². The van der Waals surface area contributed by atoms with Crippen molar-refractivity contribution in [3.63, 3.8) is 0 Å². The van der Waals surface area contributed by atoms with Crippen LogP contribution in [-0.4, -0.2) is 37.7 Å². The number of carbonyl (C=O) groups is 1. The van der Waals surface area contributed by atoms with Crippen LogP contribution < -0.4 is 10.5 Å². The van der Waals surface area contributed by atoms with E-state index < -0.39 is 0 Å². The van der Waals surface area contributed by atoms with E-state index in [1.165, 1.54) is 24.2 Å². The van der Waals surface area contributed by atoms with Crippen LogP contribution in [-0.2, 0) is 11.3 Å². The normalized spacial score (nSPS) is 14.6. The number of methoxy groups -OCH3 is 1. The lowest BCUT2D eigenvalue weighted by Gasteiger charge is -2.15. The van der Waals surface area contributed by atoms with E-state index >= 15 is 0 Å². The van der Waals surface area contributed by atoms with E-state index in [1.807, 2.05) is 24.3 Å². The molecule has 0 unspecified atom stereocenters. The Kier molecular flexibility index (Phi) is 5.60. The molecule has 134 valence electrons. The molecular weight excluding hydrogens is 336 g/mol. The summed E-state index contributed by atoms with van der Waals surface area (Å²) < 4.78 is 10.6. The van der Waals surface area contributed by atoms with Crippen LogP contribution in [0.15, 0.2) is 24.3 Å². The Bertz CT molecular complexity index is 751. The number of thiophene rings is 1. The summed E-state index contributed by atoms with van der Waals surface area (Å²) in [5.74, 6) is 0.394. The maximum absolute atomic E-state index is 12.5.